The number of carbonyl (C=O) groups is 1. The normalized spacial score (nSPS) is 15.7. The Bertz CT molecular complexity index is 724. The Balaban J connectivity index is 1.25. The second-order valence-electron chi connectivity index (χ2n) is 5.78. The van der Waals surface area contributed by atoms with Gasteiger partial charge in [-0.25, -0.2) is 0 Å². The number of rotatable bonds is 6. The summed E-state index contributed by atoms with van der Waals surface area (Å²) in [4.78, 5) is 16.2. The second kappa shape index (κ2) is 5.91. The lowest BCUT2D eigenvalue weighted by Gasteiger charge is -2.05. The molecular weight excluding hydrogens is 298 g/mol. The Morgan fingerprint density at radius 3 is 3.00 bits per heavy atom. The van der Waals surface area contributed by atoms with Crippen LogP contribution in [0.3, 0.4) is 0 Å². The highest BCUT2D eigenvalue weighted by molar-refractivity contribution is 5.76. The molecule has 4 rings (SSSR count). The van der Waals surface area contributed by atoms with Gasteiger partial charge in [0, 0.05) is 25.3 Å². The molecule has 1 saturated carbocycles. The molecule has 1 aromatic carbocycles. The van der Waals surface area contributed by atoms with Crippen molar-refractivity contribution in [2.45, 2.75) is 38.1 Å². The average molecular weight is 315 g/mol. The van der Waals surface area contributed by atoms with Crippen LogP contribution in [0, 0.1) is 0 Å². The van der Waals surface area contributed by atoms with E-state index in [1.165, 1.54) is 0 Å². The zero-order chi connectivity index (χ0) is 15.6. The summed E-state index contributed by atoms with van der Waals surface area (Å²) >= 11 is 0. The van der Waals surface area contributed by atoms with Crippen LogP contribution in [0.25, 0.3) is 0 Å². The molecule has 7 heteroatoms. The summed E-state index contributed by atoms with van der Waals surface area (Å²) in [5.41, 5.74) is 0.969. The third-order valence-electron chi connectivity index (χ3n) is 3.92. The van der Waals surface area contributed by atoms with Gasteiger partial charge in [-0.15, -0.1) is 0 Å². The standard InChI is InChI=1S/C16H17N3O4/c20-14(5-6-15-18-16(19-23-15)11-2-3-11)17-8-10-1-4-12-13(7-10)22-9-21-12/h1,4,7,11H,2-3,5-6,8-9H2,(H,17,20). The van der Waals surface area contributed by atoms with Crippen LogP contribution in [0.15, 0.2) is 22.7 Å². The number of aromatic nitrogens is 2. The number of hydrogen-bond acceptors (Lipinski definition) is 6. The molecule has 0 atom stereocenters. The van der Waals surface area contributed by atoms with E-state index < -0.39 is 0 Å². The van der Waals surface area contributed by atoms with Crippen molar-refractivity contribution in [2.75, 3.05) is 6.79 Å². The highest BCUT2D eigenvalue weighted by Crippen LogP contribution is 2.38. The second-order valence-corrected chi connectivity index (χ2v) is 5.78. The van der Waals surface area contributed by atoms with Crippen LogP contribution >= 0.6 is 0 Å². The minimum Gasteiger partial charge on any atom is -0.454 e. The molecule has 2 aromatic rings. The summed E-state index contributed by atoms with van der Waals surface area (Å²) in [6.45, 7) is 0.699. The first-order valence-corrected chi connectivity index (χ1v) is 7.75. The fourth-order valence-electron chi connectivity index (χ4n) is 2.44. The first kappa shape index (κ1) is 14.0. The third-order valence-corrected chi connectivity index (χ3v) is 3.92. The van der Waals surface area contributed by atoms with Crippen molar-refractivity contribution in [3.8, 4) is 11.5 Å². The first-order valence-electron chi connectivity index (χ1n) is 7.75. The maximum absolute atomic E-state index is 11.9. The molecular formula is C16H17N3O4. The van der Waals surface area contributed by atoms with Gasteiger partial charge in [0.15, 0.2) is 17.3 Å². The van der Waals surface area contributed by atoms with Gasteiger partial charge in [0.1, 0.15) is 0 Å². The van der Waals surface area contributed by atoms with Crippen LogP contribution in [0.2, 0.25) is 0 Å². The Labute approximate surface area is 133 Å². The topological polar surface area (TPSA) is 86.5 Å². The smallest absolute Gasteiger partial charge is 0.231 e. The summed E-state index contributed by atoms with van der Waals surface area (Å²) in [6.07, 6.45) is 3.06. The van der Waals surface area contributed by atoms with Crippen LogP contribution < -0.4 is 14.8 Å². The van der Waals surface area contributed by atoms with E-state index in [0.29, 0.717) is 31.2 Å². The van der Waals surface area contributed by atoms with E-state index in [4.69, 9.17) is 14.0 Å². The van der Waals surface area contributed by atoms with E-state index in [-0.39, 0.29) is 12.7 Å². The Kier molecular flexibility index (Phi) is 3.61. The lowest BCUT2D eigenvalue weighted by Crippen LogP contribution is -2.23. The minimum atomic E-state index is -0.0474. The van der Waals surface area contributed by atoms with Gasteiger partial charge in [-0.3, -0.25) is 4.79 Å². The molecule has 2 heterocycles. The number of benzene rings is 1. The first-order chi connectivity index (χ1) is 11.3. The third kappa shape index (κ3) is 3.28. The fourth-order valence-corrected chi connectivity index (χ4v) is 2.44. The van der Waals surface area contributed by atoms with Crippen molar-refractivity contribution in [3.05, 3.63) is 35.5 Å². The number of nitrogens with one attached hydrogen (secondary N) is 1. The molecule has 2 aliphatic rings. The van der Waals surface area contributed by atoms with E-state index in [9.17, 15) is 4.79 Å². The van der Waals surface area contributed by atoms with Crippen LogP contribution in [0.5, 0.6) is 11.5 Å². The Morgan fingerprint density at radius 2 is 2.13 bits per heavy atom. The number of ether oxygens (including phenoxy) is 2. The van der Waals surface area contributed by atoms with Crippen LogP contribution in [-0.2, 0) is 17.8 Å². The fraction of sp³-hybridized carbons (Fsp3) is 0.438. The van der Waals surface area contributed by atoms with Crippen LogP contribution in [0.1, 0.15) is 42.5 Å². The van der Waals surface area contributed by atoms with Gasteiger partial charge in [0.2, 0.25) is 18.6 Å². The molecule has 0 saturated heterocycles. The van der Waals surface area contributed by atoms with Gasteiger partial charge in [-0.1, -0.05) is 11.2 Å². The molecule has 1 amide bonds. The Hall–Kier alpha value is -2.57. The minimum absolute atomic E-state index is 0.0474. The largest absolute Gasteiger partial charge is 0.454 e. The van der Waals surface area contributed by atoms with Gasteiger partial charge >= 0.3 is 0 Å². The molecule has 1 aliphatic carbocycles. The molecule has 1 aromatic heterocycles. The molecule has 1 N–H and O–H groups in total. The van der Waals surface area contributed by atoms with E-state index in [0.717, 1.165) is 35.7 Å². The quantitative estimate of drug-likeness (QED) is 0.876. The number of nitrogens with zero attached hydrogens (tertiary/aromatic N) is 2. The molecule has 0 bridgehead atoms. The molecule has 7 nitrogen and oxygen atoms in total. The Morgan fingerprint density at radius 1 is 1.26 bits per heavy atom. The highest BCUT2D eigenvalue weighted by Gasteiger charge is 2.28. The highest BCUT2D eigenvalue weighted by atomic mass is 16.7. The van der Waals surface area contributed by atoms with Gasteiger partial charge in [0.05, 0.1) is 0 Å². The zero-order valence-electron chi connectivity index (χ0n) is 12.6. The van der Waals surface area contributed by atoms with E-state index in [1.54, 1.807) is 0 Å². The summed E-state index contributed by atoms with van der Waals surface area (Å²) < 4.78 is 15.7. The summed E-state index contributed by atoms with van der Waals surface area (Å²) in [6, 6.07) is 5.64. The predicted octanol–water partition coefficient (Wildman–Crippen LogP) is 1.92. The number of amides is 1. The number of aryl methyl sites for hydroxylation is 1. The molecule has 1 aliphatic heterocycles. The van der Waals surface area contributed by atoms with Crippen LogP contribution in [0.4, 0.5) is 0 Å². The number of carbonyl (C=O) groups excluding carboxylic acids is 1. The molecule has 23 heavy (non-hydrogen) atoms. The van der Waals surface area contributed by atoms with Crippen molar-refractivity contribution in [2.24, 2.45) is 0 Å². The lowest BCUT2D eigenvalue weighted by atomic mass is 10.2. The van der Waals surface area contributed by atoms with Gasteiger partial charge in [-0.2, -0.15) is 4.98 Å². The number of hydrogen-bond donors (Lipinski definition) is 1. The monoisotopic (exact) mass is 315 g/mol. The predicted molar refractivity (Wildman–Crippen MR) is 79.0 cm³/mol. The SMILES string of the molecule is O=C(CCc1nc(C2CC2)no1)NCc1ccc2c(c1)OCO2. The number of fused-ring (bicyclic) bond motifs is 1. The van der Waals surface area contributed by atoms with E-state index in [1.807, 2.05) is 18.2 Å². The zero-order valence-corrected chi connectivity index (χ0v) is 12.6. The maximum atomic E-state index is 11.9. The van der Waals surface area contributed by atoms with Crippen molar-refractivity contribution in [3.63, 3.8) is 0 Å². The van der Waals surface area contributed by atoms with E-state index in [2.05, 4.69) is 15.5 Å². The van der Waals surface area contributed by atoms with Gasteiger partial charge < -0.3 is 19.3 Å². The summed E-state index contributed by atoms with van der Waals surface area (Å²) in [5.74, 6) is 3.19. The van der Waals surface area contributed by atoms with Gasteiger partial charge in [0.25, 0.3) is 0 Å². The van der Waals surface area contributed by atoms with Crippen molar-refractivity contribution < 1.29 is 18.8 Å². The molecule has 1 fully saturated rings. The maximum Gasteiger partial charge on any atom is 0.231 e. The molecule has 0 unspecified atom stereocenters. The summed E-state index contributed by atoms with van der Waals surface area (Å²) in [5, 5.41) is 6.82. The average Bonchev–Trinajstić information content (AvgIpc) is 3.12. The lowest BCUT2D eigenvalue weighted by molar-refractivity contribution is -0.121. The van der Waals surface area contributed by atoms with Crippen molar-refractivity contribution in [1.82, 2.24) is 15.5 Å². The summed E-state index contributed by atoms with van der Waals surface area (Å²) in [7, 11) is 0. The van der Waals surface area contributed by atoms with Crippen LogP contribution in [-0.4, -0.2) is 22.8 Å². The van der Waals surface area contributed by atoms with Crippen molar-refractivity contribution in [1.29, 1.82) is 0 Å². The molecule has 0 radical (unpaired) electrons. The molecule has 0 spiro atoms. The van der Waals surface area contributed by atoms with E-state index >= 15 is 0 Å². The van der Waals surface area contributed by atoms with Gasteiger partial charge in [-0.05, 0) is 30.5 Å². The molecule has 120 valence electrons. The van der Waals surface area contributed by atoms with Crippen molar-refractivity contribution >= 4 is 5.91 Å².